The fourth-order valence-electron chi connectivity index (χ4n) is 3.13. The van der Waals surface area contributed by atoms with Gasteiger partial charge in [-0.05, 0) is 25.7 Å². The number of rotatable bonds is 3. The van der Waals surface area contributed by atoms with Crippen LogP contribution in [0.2, 0.25) is 0 Å². The van der Waals surface area contributed by atoms with Crippen molar-refractivity contribution in [2.24, 2.45) is 5.92 Å². The maximum Gasteiger partial charge on any atom is 0.329 e. The smallest absolute Gasteiger partial charge is 0.329 e. The summed E-state index contributed by atoms with van der Waals surface area (Å²) in [6.07, 6.45) is 7.79. The van der Waals surface area contributed by atoms with Crippen molar-refractivity contribution in [3.05, 3.63) is 0 Å². The Hall–Kier alpha value is -1.30. The predicted molar refractivity (Wildman–Crippen MR) is 75.1 cm³/mol. The molecule has 20 heavy (non-hydrogen) atoms. The van der Waals surface area contributed by atoms with Crippen molar-refractivity contribution < 1.29 is 14.7 Å². The Morgan fingerprint density at radius 1 is 0.950 bits per heavy atom. The Kier molecular flexibility index (Phi) is 5.64. The third-order valence-electron chi connectivity index (χ3n) is 4.27. The van der Waals surface area contributed by atoms with Crippen molar-refractivity contribution in [3.8, 4) is 0 Å². The molecule has 114 valence electrons. The molecule has 0 aromatic heterocycles. The Balaban J connectivity index is 1.85. The summed E-state index contributed by atoms with van der Waals surface area (Å²) in [6, 6.07) is -0.509. The second-order valence-electron chi connectivity index (χ2n) is 5.82. The van der Waals surface area contributed by atoms with E-state index in [4.69, 9.17) is 0 Å². The Bertz CT molecular complexity index is 343. The van der Waals surface area contributed by atoms with Crippen molar-refractivity contribution in [1.29, 1.82) is 0 Å². The zero-order valence-electron chi connectivity index (χ0n) is 11.9. The molecule has 2 unspecified atom stereocenters. The van der Waals surface area contributed by atoms with Gasteiger partial charge in [0, 0.05) is 19.1 Å². The first-order valence-electron chi connectivity index (χ1n) is 7.72. The molecule has 0 bridgehead atoms. The predicted octanol–water partition coefficient (Wildman–Crippen LogP) is 1.72. The number of hydrogen-bond acceptors (Lipinski definition) is 3. The van der Waals surface area contributed by atoms with E-state index in [0.717, 1.165) is 51.6 Å². The van der Waals surface area contributed by atoms with Gasteiger partial charge < -0.3 is 10.4 Å². The van der Waals surface area contributed by atoms with E-state index < -0.39 is 11.9 Å². The van der Waals surface area contributed by atoms with Gasteiger partial charge in [-0.25, -0.2) is 9.80 Å². The highest BCUT2D eigenvalue weighted by molar-refractivity contribution is 5.76. The van der Waals surface area contributed by atoms with Crippen LogP contribution >= 0.6 is 0 Å². The molecule has 1 aliphatic heterocycles. The molecule has 1 saturated heterocycles. The normalized spacial score (nSPS) is 28.4. The minimum Gasteiger partial charge on any atom is -0.481 e. The molecule has 1 aliphatic carbocycles. The summed E-state index contributed by atoms with van der Waals surface area (Å²) in [5.41, 5.74) is 2.84. The highest BCUT2D eigenvalue weighted by Crippen LogP contribution is 2.23. The van der Waals surface area contributed by atoms with Crippen molar-refractivity contribution in [2.45, 2.75) is 57.4 Å². The van der Waals surface area contributed by atoms with Crippen LogP contribution in [0.3, 0.4) is 0 Å². The molecule has 1 heterocycles. The number of carbonyl (C=O) groups is 2. The lowest BCUT2D eigenvalue weighted by Crippen LogP contribution is -2.53. The number of hydrogen-bond donors (Lipinski definition) is 3. The SMILES string of the molecule is O=C(NC1CCCCCC1C(=O)O)NN1CCCCC1. The zero-order valence-corrected chi connectivity index (χ0v) is 11.9. The molecule has 2 amide bonds. The number of hydrazine groups is 1. The number of nitrogens with zero attached hydrogens (tertiary/aromatic N) is 1. The van der Waals surface area contributed by atoms with Gasteiger partial charge in [-0.3, -0.25) is 10.2 Å². The van der Waals surface area contributed by atoms with Gasteiger partial charge in [0.2, 0.25) is 0 Å². The molecule has 0 spiro atoms. The van der Waals surface area contributed by atoms with Gasteiger partial charge in [0.1, 0.15) is 0 Å². The first-order valence-corrected chi connectivity index (χ1v) is 7.72. The Morgan fingerprint density at radius 2 is 1.60 bits per heavy atom. The molecule has 2 aliphatic rings. The van der Waals surface area contributed by atoms with Gasteiger partial charge in [0.05, 0.1) is 5.92 Å². The summed E-state index contributed by atoms with van der Waals surface area (Å²) in [5, 5.41) is 14.1. The quantitative estimate of drug-likeness (QED) is 0.689. The number of amides is 2. The molecule has 6 nitrogen and oxygen atoms in total. The summed E-state index contributed by atoms with van der Waals surface area (Å²) in [5.74, 6) is -1.25. The largest absolute Gasteiger partial charge is 0.481 e. The summed E-state index contributed by atoms with van der Waals surface area (Å²) in [6.45, 7) is 1.75. The van der Waals surface area contributed by atoms with Crippen LogP contribution in [0.4, 0.5) is 4.79 Å². The fourth-order valence-corrected chi connectivity index (χ4v) is 3.13. The second-order valence-corrected chi connectivity index (χ2v) is 5.82. The lowest BCUT2D eigenvalue weighted by molar-refractivity contribution is -0.142. The van der Waals surface area contributed by atoms with Crippen molar-refractivity contribution >= 4 is 12.0 Å². The van der Waals surface area contributed by atoms with Crippen LogP contribution in [-0.2, 0) is 4.79 Å². The van der Waals surface area contributed by atoms with Crippen LogP contribution in [0.15, 0.2) is 0 Å². The molecule has 2 rings (SSSR count). The average Bonchev–Trinajstić information content (AvgIpc) is 2.65. The third kappa shape index (κ3) is 4.37. The second kappa shape index (κ2) is 7.47. The minimum atomic E-state index is -0.796. The van der Waals surface area contributed by atoms with Crippen molar-refractivity contribution in [1.82, 2.24) is 15.8 Å². The standard InChI is InChI=1S/C14H25N3O3/c18-13(19)11-7-3-1-4-8-12(11)15-14(20)16-17-9-5-2-6-10-17/h11-12H,1-10H2,(H,18,19)(H2,15,16,20). The van der Waals surface area contributed by atoms with Crippen molar-refractivity contribution in [3.63, 3.8) is 0 Å². The number of urea groups is 1. The van der Waals surface area contributed by atoms with Gasteiger partial charge in [-0.2, -0.15) is 0 Å². The topological polar surface area (TPSA) is 81.7 Å². The van der Waals surface area contributed by atoms with Crippen LogP contribution in [0.1, 0.15) is 51.4 Å². The maximum absolute atomic E-state index is 12.0. The first kappa shape index (κ1) is 15.1. The van der Waals surface area contributed by atoms with E-state index in [-0.39, 0.29) is 12.1 Å². The molecule has 6 heteroatoms. The fraction of sp³-hybridized carbons (Fsp3) is 0.857. The number of carboxylic acid groups (broad SMARTS) is 1. The minimum absolute atomic E-state index is 0.250. The highest BCUT2D eigenvalue weighted by Gasteiger charge is 2.30. The van der Waals surface area contributed by atoms with Gasteiger partial charge in [0.25, 0.3) is 0 Å². The molecule has 2 fully saturated rings. The maximum atomic E-state index is 12.0. The van der Waals surface area contributed by atoms with E-state index in [1.807, 2.05) is 5.01 Å². The molecule has 1 saturated carbocycles. The average molecular weight is 283 g/mol. The Morgan fingerprint density at radius 3 is 2.30 bits per heavy atom. The monoisotopic (exact) mass is 283 g/mol. The van der Waals surface area contributed by atoms with Crippen LogP contribution < -0.4 is 10.7 Å². The highest BCUT2D eigenvalue weighted by atomic mass is 16.4. The van der Waals surface area contributed by atoms with E-state index in [1.165, 1.54) is 6.42 Å². The number of carboxylic acids is 1. The van der Waals surface area contributed by atoms with Gasteiger partial charge in [-0.15, -0.1) is 0 Å². The molecule has 2 atom stereocenters. The van der Waals surface area contributed by atoms with E-state index in [0.29, 0.717) is 6.42 Å². The number of aliphatic carboxylic acids is 1. The van der Waals surface area contributed by atoms with Gasteiger partial charge in [-0.1, -0.05) is 25.7 Å². The van der Waals surface area contributed by atoms with Crippen LogP contribution in [0.5, 0.6) is 0 Å². The summed E-state index contributed by atoms with van der Waals surface area (Å²) in [4.78, 5) is 23.3. The molecule has 0 aromatic carbocycles. The number of nitrogens with one attached hydrogen (secondary N) is 2. The molecular formula is C14H25N3O3. The van der Waals surface area contributed by atoms with Crippen LogP contribution in [-0.4, -0.2) is 41.2 Å². The van der Waals surface area contributed by atoms with E-state index in [9.17, 15) is 14.7 Å². The first-order chi connectivity index (χ1) is 9.66. The lowest BCUT2D eigenvalue weighted by Gasteiger charge is -2.29. The molecule has 3 N–H and O–H groups in total. The summed E-state index contributed by atoms with van der Waals surface area (Å²) < 4.78 is 0. The molecular weight excluding hydrogens is 258 g/mol. The van der Waals surface area contributed by atoms with Crippen LogP contribution in [0.25, 0.3) is 0 Å². The molecule has 0 radical (unpaired) electrons. The third-order valence-corrected chi connectivity index (χ3v) is 4.27. The molecule has 0 aromatic rings. The van der Waals surface area contributed by atoms with Gasteiger partial charge in [0.15, 0.2) is 0 Å². The van der Waals surface area contributed by atoms with E-state index >= 15 is 0 Å². The summed E-state index contributed by atoms with van der Waals surface area (Å²) >= 11 is 0. The van der Waals surface area contributed by atoms with Gasteiger partial charge >= 0.3 is 12.0 Å². The number of carbonyl (C=O) groups excluding carboxylic acids is 1. The Labute approximate surface area is 119 Å². The van der Waals surface area contributed by atoms with Crippen LogP contribution in [0, 0.1) is 5.92 Å². The summed E-state index contributed by atoms with van der Waals surface area (Å²) in [7, 11) is 0. The number of piperidine rings is 1. The lowest BCUT2D eigenvalue weighted by atomic mass is 9.95. The van der Waals surface area contributed by atoms with E-state index in [2.05, 4.69) is 10.7 Å². The zero-order chi connectivity index (χ0) is 14.4. The van der Waals surface area contributed by atoms with Crippen molar-refractivity contribution in [2.75, 3.05) is 13.1 Å². The van der Waals surface area contributed by atoms with E-state index in [1.54, 1.807) is 0 Å².